The van der Waals surface area contributed by atoms with Crippen molar-refractivity contribution in [2.45, 2.75) is 18.9 Å². The van der Waals surface area contributed by atoms with Crippen LogP contribution in [0.15, 0.2) is 34.9 Å². The highest BCUT2D eigenvalue weighted by molar-refractivity contribution is 6.02. The summed E-state index contributed by atoms with van der Waals surface area (Å²) in [5.41, 5.74) is 0.971. The molecule has 2 heterocycles. The van der Waals surface area contributed by atoms with E-state index in [-0.39, 0.29) is 17.6 Å². The molecular formula is C15H17N3O3. The summed E-state index contributed by atoms with van der Waals surface area (Å²) in [5.74, 6) is 1.03. The van der Waals surface area contributed by atoms with Gasteiger partial charge in [0, 0.05) is 5.69 Å². The van der Waals surface area contributed by atoms with Gasteiger partial charge < -0.3 is 19.8 Å². The smallest absolute Gasteiger partial charge is 0.277 e. The van der Waals surface area contributed by atoms with E-state index in [2.05, 4.69) is 15.6 Å². The molecule has 21 heavy (non-hydrogen) atoms. The van der Waals surface area contributed by atoms with Crippen molar-refractivity contribution >= 4 is 11.6 Å². The Kier molecular flexibility index (Phi) is 3.87. The molecule has 1 amide bonds. The van der Waals surface area contributed by atoms with Crippen molar-refractivity contribution in [2.24, 2.45) is 0 Å². The van der Waals surface area contributed by atoms with E-state index in [0.717, 1.165) is 25.1 Å². The van der Waals surface area contributed by atoms with Crippen LogP contribution in [0.5, 0.6) is 5.75 Å². The van der Waals surface area contributed by atoms with Gasteiger partial charge in [-0.3, -0.25) is 4.79 Å². The first kappa shape index (κ1) is 13.6. The number of ether oxygens (including phenoxy) is 1. The fourth-order valence-corrected chi connectivity index (χ4v) is 2.32. The molecule has 2 N–H and O–H groups in total. The second-order valence-electron chi connectivity index (χ2n) is 4.90. The number of hydrogen-bond acceptors (Lipinski definition) is 5. The Morgan fingerprint density at radius 3 is 2.90 bits per heavy atom. The maximum atomic E-state index is 12.1. The van der Waals surface area contributed by atoms with Crippen molar-refractivity contribution in [3.63, 3.8) is 0 Å². The third-order valence-corrected chi connectivity index (χ3v) is 3.46. The predicted molar refractivity (Wildman–Crippen MR) is 77.4 cm³/mol. The lowest BCUT2D eigenvalue weighted by Crippen LogP contribution is -2.15. The largest absolute Gasteiger partial charge is 0.497 e. The van der Waals surface area contributed by atoms with Crippen LogP contribution in [-0.4, -0.2) is 24.5 Å². The molecule has 0 spiro atoms. The summed E-state index contributed by atoms with van der Waals surface area (Å²) in [5, 5.41) is 6.06. The molecule has 0 bridgehead atoms. The third kappa shape index (κ3) is 3.05. The summed E-state index contributed by atoms with van der Waals surface area (Å²) >= 11 is 0. The Hall–Kier alpha value is -2.34. The van der Waals surface area contributed by atoms with Gasteiger partial charge in [-0.25, -0.2) is 4.98 Å². The minimum Gasteiger partial charge on any atom is -0.497 e. The van der Waals surface area contributed by atoms with Gasteiger partial charge in [0.25, 0.3) is 5.91 Å². The molecule has 1 saturated heterocycles. The van der Waals surface area contributed by atoms with Gasteiger partial charge in [-0.1, -0.05) is 0 Å². The van der Waals surface area contributed by atoms with Crippen LogP contribution in [0.4, 0.5) is 5.69 Å². The number of benzene rings is 1. The number of aromatic nitrogens is 1. The Bertz CT molecular complexity index is 615. The molecule has 3 rings (SSSR count). The van der Waals surface area contributed by atoms with Crippen molar-refractivity contribution in [1.82, 2.24) is 10.3 Å². The van der Waals surface area contributed by atoms with Crippen LogP contribution >= 0.6 is 0 Å². The lowest BCUT2D eigenvalue weighted by molar-refractivity contribution is 0.102. The lowest BCUT2D eigenvalue weighted by atomic mass is 10.2. The van der Waals surface area contributed by atoms with Crippen LogP contribution in [0.25, 0.3) is 0 Å². The summed E-state index contributed by atoms with van der Waals surface area (Å²) in [6.07, 6.45) is 3.48. The number of methoxy groups -OCH3 is 1. The van der Waals surface area contributed by atoms with Crippen molar-refractivity contribution in [3.8, 4) is 5.75 Å². The molecule has 0 aliphatic carbocycles. The van der Waals surface area contributed by atoms with E-state index in [4.69, 9.17) is 9.15 Å². The standard InChI is InChI=1S/C15H17N3O3/c1-20-11-6-4-10(5-7-11)17-14(19)13-9-21-15(18-13)12-3-2-8-16-12/h4-7,9,12,16H,2-3,8H2,1H3,(H,17,19). The van der Waals surface area contributed by atoms with Gasteiger partial charge in [0.15, 0.2) is 5.69 Å². The van der Waals surface area contributed by atoms with E-state index >= 15 is 0 Å². The van der Waals surface area contributed by atoms with Crippen molar-refractivity contribution in [3.05, 3.63) is 42.1 Å². The number of amides is 1. The van der Waals surface area contributed by atoms with Crippen LogP contribution in [0.3, 0.4) is 0 Å². The first-order chi connectivity index (χ1) is 10.3. The van der Waals surface area contributed by atoms with Gasteiger partial charge in [0.1, 0.15) is 12.0 Å². The van der Waals surface area contributed by atoms with Crippen LogP contribution < -0.4 is 15.4 Å². The number of anilines is 1. The molecule has 110 valence electrons. The van der Waals surface area contributed by atoms with Gasteiger partial charge in [-0.15, -0.1) is 0 Å². The van der Waals surface area contributed by atoms with Crippen LogP contribution in [0.2, 0.25) is 0 Å². The minimum absolute atomic E-state index is 0.118. The van der Waals surface area contributed by atoms with E-state index in [1.807, 2.05) is 0 Å². The molecule has 1 unspecified atom stereocenters. The second kappa shape index (κ2) is 5.97. The number of nitrogens with one attached hydrogen (secondary N) is 2. The lowest BCUT2D eigenvalue weighted by Gasteiger charge is -2.04. The number of rotatable bonds is 4. The summed E-state index contributed by atoms with van der Waals surface area (Å²) in [6.45, 7) is 0.959. The average molecular weight is 287 g/mol. The van der Waals surface area contributed by atoms with Gasteiger partial charge >= 0.3 is 0 Å². The highest BCUT2D eigenvalue weighted by Gasteiger charge is 2.22. The Labute approximate surface area is 122 Å². The highest BCUT2D eigenvalue weighted by Crippen LogP contribution is 2.22. The van der Waals surface area contributed by atoms with E-state index < -0.39 is 0 Å². The number of hydrogen-bond donors (Lipinski definition) is 2. The molecule has 1 aliphatic rings. The zero-order valence-electron chi connectivity index (χ0n) is 11.8. The number of nitrogens with zero attached hydrogens (tertiary/aromatic N) is 1. The summed E-state index contributed by atoms with van der Waals surface area (Å²) in [4.78, 5) is 16.4. The molecule has 1 aromatic heterocycles. The average Bonchev–Trinajstić information content (AvgIpc) is 3.19. The molecule has 0 saturated carbocycles. The molecule has 2 aromatic rings. The molecule has 6 nitrogen and oxygen atoms in total. The highest BCUT2D eigenvalue weighted by atomic mass is 16.5. The number of carbonyl (C=O) groups is 1. The summed E-state index contributed by atoms with van der Waals surface area (Å²) in [7, 11) is 1.60. The van der Waals surface area contributed by atoms with Crippen molar-refractivity contribution in [2.75, 3.05) is 19.0 Å². The SMILES string of the molecule is COc1ccc(NC(=O)c2coc(C3CCCN3)n2)cc1. The van der Waals surface area contributed by atoms with Gasteiger partial charge in [0.05, 0.1) is 13.2 Å². The maximum Gasteiger partial charge on any atom is 0.277 e. The zero-order chi connectivity index (χ0) is 14.7. The van der Waals surface area contributed by atoms with Gasteiger partial charge in [-0.05, 0) is 43.7 Å². The normalized spacial score (nSPS) is 17.7. The first-order valence-electron chi connectivity index (χ1n) is 6.90. The second-order valence-corrected chi connectivity index (χ2v) is 4.90. The van der Waals surface area contributed by atoms with Crippen molar-refractivity contribution in [1.29, 1.82) is 0 Å². The third-order valence-electron chi connectivity index (χ3n) is 3.46. The fraction of sp³-hybridized carbons (Fsp3) is 0.333. The van der Waals surface area contributed by atoms with Crippen LogP contribution in [0.1, 0.15) is 35.3 Å². The van der Waals surface area contributed by atoms with Crippen LogP contribution in [-0.2, 0) is 0 Å². The molecule has 1 atom stereocenters. The topological polar surface area (TPSA) is 76.4 Å². The number of carbonyl (C=O) groups excluding carboxylic acids is 1. The van der Waals surface area contributed by atoms with E-state index in [9.17, 15) is 4.79 Å². The predicted octanol–water partition coefficient (Wildman–Crippen LogP) is 2.36. The summed E-state index contributed by atoms with van der Waals surface area (Å²) in [6, 6.07) is 7.23. The van der Waals surface area contributed by atoms with E-state index in [1.165, 1.54) is 6.26 Å². The molecule has 1 aliphatic heterocycles. The molecule has 0 radical (unpaired) electrons. The quantitative estimate of drug-likeness (QED) is 0.902. The van der Waals surface area contributed by atoms with Gasteiger partial charge in [-0.2, -0.15) is 0 Å². The summed E-state index contributed by atoms with van der Waals surface area (Å²) < 4.78 is 10.5. The fourth-order valence-electron chi connectivity index (χ4n) is 2.32. The molecule has 1 aromatic carbocycles. The molecule has 1 fully saturated rings. The Balaban J connectivity index is 1.67. The van der Waals surface area contributed by atoms with Gasteiger partial charge in [0.2, 0.25) is 5.89 Å². The van der Waals surface area contributed by atoms with E-state index in [1.54, 1.807) is 31.4 Å². The monoisotopic (exact) mass is 287 g/mol. The minimum atomic E-state index is -0.284. The Morgan fingerprint density at radius 1 is 1.43 bits per heavy atom. The Morgan fingerprint density at radius 2 is 2.24 bits per heavy atom. The molecular weight excluding hydrogens is 270 g/mol. The molecule has 6 heteroatoms. The van der Waals surface area contributed by atoms with Crippen molar-refractivity contribution < 1.29 is 13.9 Å². The first-order valence-corrected chi connectivity index (χ1v) is 6.90. The number of oxazole rings is 1. The zero-order valence-corrected chi connectivity index (χ0v) is 11.8. The van der Waals surface area contributed by atoms with Crippen LogP contribution in [0, 0.1) is 0 Å². The van der Waals surface area contributed by atoms with E-state index in [0.29, 0.717) is 11.6 Å². The maximum absolute atomic E-state index is 12.1.